The van der Waals surface area contributed by atoms with Gasteiger partial charge in [-0.2, -0.15) is 13.2 Å². The molecule has 1 atom stereocenters. The Balaban J connectivity index is 2.15. The van der Waals surface area contributed by atoms with Crippen LogP contribution in [0.25, 0.3) is 10.9 Å². The molecule has 1 aliphatic rings. The molecular weight excluding hydrogens is 379 g/mol. The number of rotatable bonds is 2. The molecule has 4 nitrogen and oxygen atoms in total. The van der Waals surface area contributed by atoms with Gasteiger partial charge in [0.05, 0.1) is 25.3 Å². The average Bonchev–Trinajstić information content (AvgIpc) is 2.66. The molecule has 3 aromatic rings. The van der Waals surface area contributed by atoms with Gasteiger partial charge in [0.15, 0.2) is 0 Å². The Labute approximate surface area is 156 Å². The number of halogens is 3. The van der Waals surface area contributed by atoms with E-state index in [1.54, 1.807) is 30.3 Å². The highest BCUT2D eigenvalue weighted by molar-refractivity contribution is 7.99. The van der Waals surface area contributed by atoms with Crippen LogP contribution in [-0.4, -0.2) is 30.5 Å². The van der Waals surface area contributed by atoms with Crippen LogP contribution in [0.5, 0.6) is 11.6 Å². The van der Waals surface area contributed by atoms with Crippen molar-refractivity contribution in [1.29, 1.82) is 0 Å². The number of hydrogen-bond acceptors (Lipinski definition) is 5. The van der Waals surface area contributed by atoms with E-state index in [2.05, 4.69) is 4.98 Å². The fourth-order valence-electron chi connectivity index (χ4n) is 3.28. The van der Waals surface area contributed by atoms with Crippen molar-refractivity contribution in [3.8, 4) is 11.6 Å². The quantitative estimate of drug-likeness (QED) is 0.694. The Kier molecular flexibility index (Phi) is 4.01. The Morgan fingerprint density at radius 3 is 2.48 bits per heavy atom. The zero-order valence-electron chi connectivity index (χ0n) is 14.3. The molecule has 0 aliphatic carbocycles. The summed E-state index contributed by atoms with van der Waals surface area (Å²) in [6, 6.07) is 11.1. The number of hydrogen-bond donors (Lipinski definition) is 1. The van der Waals surface area contributed by atoms with Gasteiger partial charge in [0.1, 0.15) is 5.75 Å². The monoisotopic (exact) mass is 393 g/mol. The van der Waals surface area contributed by atoms with E-state index in [1.165, 1.54) is 26.4 Å². The minimum atomic E-state index is -5.00. The number of aliphatic hydroxyl groups is 1. The summed E-state index contributed by atoms with van der Waals surface area (Å²) >= 11 is 1.14. The summed E-state index contributed by atoms with van der Waals surface area (Å²) in [4.78, 5) is 4.77. The maximum Gasteiger partial charge on any atom is 0.426 e. The second-order valence-electron chi connectivity index (χ2n) is 6.01. The number of methoxy groups -OCH3 is 2. The number of pyridine rings is 1. The Morgan fingerprint density at radius 2 is 1.81 bits per heavy atom. The predicted octanol–water partition coefficient (Wildman–Crippen LogP) is 4.51. The average molecular weight is 393 g/mol. The molecule has 0 amide bonds. The first kappa shape index (κ1) is 17.9. The molecule has 0 radical (unpaired) electrons. The van der Waals surface area contributed by atoms with Gasteiger partial charge < -0.3 is 14.6 Å². The molecule has 27 heavy (non-hydrogen) atoms. The van der Waals surface area contributed by atoms with Crippen LogP contribution in [0, 0.1) is 0 Å². The highest BCUT2D eigenvalue weighted by Gasteiger charge is 2.61. The molecule has 1 unspecified atom stereocenters. The Bertz CT molecular complexity index is 1050. The van der Waals surface area contributed by atoms with Gasteiger partial charge >= 0.3 is 6.18 Å². The lowest BCUT2D eigenvalue weighted by atomic mass is 9.84. The van der Waals surface area contributed by atoms with Gasteiger partial charge in [-0.25, -0.2) is 4.98 Å². The summed E-state index contributed by atoms with van der Waals surface area (Å²) in [5.74, 6) is -0.0438. The summed E-state index contributed by atoms with van der Waals surface area (Å²) in [5.41, 5.74) is -3.49. The van der Waals surface area contributed by atoms with Crippen LogP contribution in [0.2, 0.25) is 0 Å². The van der Waals surface area contributed by atoms with Crippen molar-refractivity contribution in [3.63, 3.8) is 0 Å². The van der Waals surface area contributed by atoms with Gasteiger partial charge in [0, 0.05) is 20.7 Å². The second kappa shape index (κ2) is 6.03. The van der Waals surface area contributed by atoms with Gasteiger partial charge in [-0.15, -0.1) is 0 Å². The normalized spacial score (nSPS) is 18.7. The molecule has 1 aliphatic heterocycles. The maximum absolute atomic E-state index is 14.3. The zero-order chi connectivity index (χ0) is 19.4. The molecular formula is C19H14F3NO3S. The minimum Gasteiger partial charge on any atom is -0.497 e. The number of ether oxygens (including phenoxy) is 2. The van der Waals surface area contributed by atoms with Crippen LogP contribution in [0.15, 0.2) is 52.3 Å². The third-order valence-electron chi connectivity index (χ3n) is 4.57. The summed E-state index contributed by atoms with van der Waals surface area (Å²) in [6.07, 6.45) is -5.00. The van der Waals surface area contributed by atoms with Crippen molar-refractivity contribution in [2.24, 2.45) is 0 Å². The minimum absolute atomic E-state index is 0.216. The molecule has 1 N–H and O–H groups in total. The first-order chi connectivity index (χ1) is 12.8. The molecule has 2 heterocycles. The molecule has 4 rings (SSSR count). The van der Waals surface area contributed by atoms with E-state index in [4.69, 9.17) is 9.47 Å². The molecule has 140 valence electrons. The van der Waals surface area contributed by atoms with Crippen molar-refractivity contribution >= 4 is 22.7 Å². The lowest BCUT2D eigenvalue weighted by Crippen LogP contribution is -2.45. The highest BCUT2D eigenvalue weighted by Crippen LogP contribution is 2.58. The zero-order valence-corrected chi connectivity index (χ0v) is 15.1. The number of fused-ring (bicyclic) bond motifs is 4. The van der Waals surface area contributed by atoms with Crippen molar-refractivity contribution in [2.45, 2.75) is 21.6 Å². The second-order valence-corrected chi connectivity index (χ2v) is 7.07. The van der Waals surface area contributed by atoms with Gasteiger partial charge in [-0.1, -0.05) is 30.0 Å². The van der Waals surface area contributed by atoms with E-state index in [9.17, 15) is 18.3 Å². The highest BCUT2D eigenvalue weighted by atomic mass is 32.2. The topological polar surface area (TPSA) is 51.6 Å². The van der Waals surface area contributed by atoms with Gasteiger partial charge in [0.25, 0.3) is 0 Å². The van der Waals surface area contributed by atoms with Crippen LogP contribution in [0.3, 0.4) is 0 Å². The van der Waals surface area contributed by atoms with E-state index >= 15 is 0 Å². The third-order valence-corrected chi connectivity index (χ3v) is 5.77. The van der Waals surface area contributed by atoms with Gasteiger partial charge in [0.2, 0.25) is 11.5 Å². The summed E-state index contributed by atoms with van der Waals surface area (Å²) < 4.78 is 53.0. The summed E-state index contributed by atoms with van der Waals surface area (Å²) in [6.45, 7) is 0. The Hall–Kier alpha value is -2.45. The summed E-state index contributed by atoms with van der Waals surface area (Å²) in [7, 11) is 2.59. The van der Waals surface area contributed by atoms with E-state index < -0.39 is 17.3 Å². The predicted molar refractivity (Wildman–Crippen MR) is 94.5 cm³/mol. The molecule has 2 aromatic carbocycles. The van der Waals surface area contributed by atoms with E-state index in [-0.39, 0.29) is 22.1 Å². The molecule has 0 spiro atoms. The van der Waals surface area contributed by atoms with Gasteiger partial charge in [-0.05, 0) is 24.3 Å². The number of nitrogens with zero attached hydrogens (tertiary/aromatic N) is 1. The van der Waals surface area contributed by atoms with E-state index in [0.717, 1.165) is 11.8 Å². The first-order valence-electron chi connectivity index (χ1n) is 7.94. The lowest BCUT2D eigenvalue weighted by Gasteiger charge is -2.38. The maximum atomic E-state index is 14.3. The number of benzene rings is 2. The van der Waals surface area contributed by atoms with Crippen molar-refractivity contribution in [2.75, 3.05) is 14.2 Å². The fourth-order valence-corrected chi connectivity index (χ4v) is 4.57. The fraction of sp³-hybridized carbons (Fsp3) is 0.211. The third kappa shape index (κ3) is 2.47. The van der Waals surface area contributed by atoms with Crippen LogP contribution in [0.1, 0.15) is 11.1 Å². The van der Waals surface area contributed by atoms with Crippen molar-refractivity contribution in [3.05, 3.63) is 53.6 Å². The largest absolute Gasteiger partial charge is 0.497 e. The number of para-hydroxylation sites is 1. The van der Waals surface area contributed by atoms with Crippen molar-refractivity contribution < 1.29 is 27.8 Å². The number of aromatic nitrogens is 1. The van der Waals surface area contributed by atoms with E-state index in [0.29, 0.717) is 15.8 Å². The van der Waals surface area contributed by atoms with Crippen LogP contribution >= 0.6 is 11.8 Å². The van der Waals surface area contributed by atoms with Crippen molar-refractivity contribution in [1.82, 2.24) is 4.98 Å². The number of alkyl halides is 3. The Morgan fingerprint density at radius 1 is 1.07 bits per heavy atom. The molecule has 0 saturated carbocycles. The molecule has 0 saturated heterocycles. The van der Waals surface area contributed by atoms with Gasteiger partial charge in [-0.3, -0.25) is 0 Å². The van der Waals surface area contributed by atoms with E-state index in [1.807, 2.05) is 0 Å². The molecule has 0 bridgehead atoms. The SMILES string of the molecule is COc1ccc2c(c1)C(O)(C(F)(F)F)c1c(OC)nc3ccccc3c1S2. The smallest absolute Gasteiger partial charge is 0.426 e. The standard InChI is InChI=1S/C19H14F3NO3S/c1-25-10-7-8-14-12(9-10)18(24,19(20,21)22)15-16(27-14)11-5-3-4-6-13(11)23-17(15)26-2/h3-9,24H,1-2H3. The first-order valence-corrected chi connectivity index (χ1v) is 8.75. The van der Waals surface area contributed by atoms with Crippen LogP contribution in [-0.2, 0) is 5.60 Å². The molecule has 8 heteroatoms. The molecule has 1 aromatic heterocycles. The summed E-state index contributed by atoms with van der Waals surface area (Å²) in [5, 5.41) is 11.6. The lowest BCUT2D eigenvalue weighted by molar-refractivity contribution is -0.250. The van der Waals surface area contributed by atoms with Crippen LogP contribution < -0.4 is 9.47 Å². The molecule has 0 fully saturated rings. The van der Waals surface area contributed by atoms with Crippen LogP contribution in [0.4, 0.5) is 13.2 Å².